The Morgan fingerprint density at radius 2 is 2.20 bits per heavy atom. The van der Waals surface area contributed by atoms with Gasteiger partial charge in [0.25, 0.3) is 0 Å². The quantitative estimate of drug-likeness (QED) is 0.506. The highest BCUT2D eigenvalue weighted by atomic mass is 16.5. The number of esters is 1. The summed E-state index contributed by atoms with van der Waals surface area (Å²) in [5.41, 5.74) is 5.46. The van der Waals surface area contributed by atoms with E-state index in [4.69, 9.17) is 5.73 Å². The summed E-state index contributed by atoms with van der Waals surface area (Å²) in [6, 6.07) is -0.623. The van der Waals surface area contributed by atoms with Crippen molar-refractivity contribution in [1.29, 1.82) is 0 Å². The molecule has 0 aliphatic carbocycles. The summed E-state index contributed by atoms with van der Waals surface area (Å²) in [5, 5.41) is 2.75. The maximum Gasteiger partial charge on any atom is 0.324 e. The van der Waals surface area contributed by atoms with Gasteiger partial charge < -0.3 is 15.8 Å². The Labute approximate surface area is 60.7 Å². The van der Waals surface area contributed by atoms with Gasteiger partial charge in [0.05, 0.1) is 7.11 Å². The maximum absolute atomic E-state index is 10.8. The van der Waals surface area contributed by atoms with Gasteiger partial charge in [0.2, 0.25) is 0 Å². The number of carbonyl (C=O) groups excluding carboxylic acids is 1. The molecule has 0 spiro atoms. The average molecular weight is 146 g/mol. The van der Waals surface area contributed by atoms with E-state index < -0.39 is 6.04 Å². The SMILES string of the molecule is CN[C@H](C(=O)OC)[C@@H](C)N. The Morgan fingerprint density at radius 3 is 2.30 bits per heavy atom. The van der Waals surface area contributed by atoms with Crippen LogP contribution in [-0.4, -0.2) is 32.2 Å². The molecule has 0 bridgehead atoms. The molecule has 0 saturated carbocycles. The lowest BCUT2D eigenvalue weighted by Crippen LogP contribution is -2.47. The van der Waals surface area contributed by atoms with Crippen molar-refractivity contribution in [3.05, 3.63) is 0 Å². The second-order valence-electron chi connectivity index (χ2n) is 2.15. The first-order valence-corrected chi connectivity index (χ1v) is 3.14. The summed E-state index contributed by atoms with van der Waals surface area (Å²) in [5.74, 6) is -0.322. The Balaban J connectivity index is 3.93. The predicted molar refractivity (Wildman–Crippen MR) is 38.5 cm³/mol. The zero-order chi connectivity index (χ0) is 8.15. The van der Waals surface area contributed by atoms with Gasteiger partial charge in [0.1, 0.15) is 6.04 Å². The number of carbonyl (C=O) groups is 1. The fourth-order valence-electron chi connectivity index (χ4n) is 0.722. The molecule has 0 aromatic carbocycles. The minimum atomic E-state index is -0.398. The lowest BCUT2D eigenvalue weighted by molar-refractivity contribution is -0.143. The standard InChI is InChI=1S/C6H14N2O2/c1-4(7)5(8-2)6(9)10-3/h4-5,8H,7H2,1-3H3/t4-,5+/m1/s1. The normalized spacial score (nSPS) is 16.0. The monoisotopic (exact) mass is 146 g/mol. The van der Waals surface area contributed by atoms with Crippen molar-refractivity contribution < 1.29 is 9.53 Å². The summed E-state index contributed by atoms with van der Waals surface area (Å²) >= 11 is 0. The van der Waals surface area contributed by atoms with E-state index in [1.165, 1.54) is 7.11 Å². The van der Waals surface area contributed by atoms with Crippen LogP contribution in [0.4, 0.5) is 0 Å². The largest absolute Gasteiger partial charge is 0.468 e. The van der Waals surface area contributed by atoms with Crippen molar-refractivity contribution in [2.24, 2.45) is 5.73 Å². The zero-order valence-electron chi connectivity index (χ0n) is 6.55. The summed E-state index contributed by atoms with van der Waals surface area (Å²) in [4.78, 5) is 10.8. The molecule has 0 rings (SSSR count). The molecule has 0 radical (unpaired) electrons. The van der Waals surface area contributed by atoms with Crippen LogP contribution in [0.25, 0.3) is 0 Å². The summed E-state index contributed by atoms with van der Waals surface area (Å²) in [6.07, 6.45) is 0. The van der Waals surface area contributed by atoms with Gasteiger partial charge in [-0.15, -0.1) is 0 Å². The predicted octanol–water partition coefficient (Wildman–Crippen LogP) is -0.905. The number of rotatable bonds is 3. The van der Waals surface area contributed by atoms with Crippen LogP contribution in [-0.2, 0) is 9.53 Å². The third-order valence-corrected chi connectivity index (χ3v) is 1.29. The van der Waals surface area contributed by atoms with E-state index in [-0.39, 0.29) is 12.0 Å². The van der Waals surface area contributed by atoms with Gasteiger partial charge in [0.15, 0.2) is 0 Å². The van der Waals surface area contributed by atoms with Gasteiger partial charge >= 0.3 is 5.97 Å². The Hall–Kier alpha value is -0.610. The first kappa shape index (κ1) is 9.39. The van der Waals surface area contributed by atoms with Crippen LogP contribution in [0.2, 0.25) is 0 Å². The molecular formula is C6H14N2O2. The minimum Gasteiger partial charge on any atom is -0.468 e. The van der Waals surface area contributed by atoms with Crippen molar-refractivity contribution in [2.45, 2.75) is 19.0 Å². The summed E-state index contributed by atoms with van der Waals surface area (Å²) < 4.78 is 4.48. The highest BCUT2D eigenvalue weighted by Crippen LogP contribution is 1.90. The molecule has 0 fully saturated rings. The maximum atomic E-state index is 10.8. The third-order valence-electron chi connectivity index (χ3n) is 1.29. The summed E-state index contributed by atoms with van der Waals surface area (Å²) in [6.45, 7) is 1.75. The van der Waals surface area contributed by atoms with Crippen molar-refractivity contribution in [1.82, 2.24) is 5.32 Å². The minimum absolute atomic E-state index is 0.225. The van der Waals surface area contributed by atoms with Gasteiger partial charge in [-0.05, 0) is 14.0 Å². The van der Waals surface area contributed by atoms with Crippen LogP contribution in [0, 0.1) is 0 Å². The van der Waals surface area contributed by atoms with Crippen LogP contribution in [0.1, 0.15) is 6.92 Å². The molecule has 0 unspecified atom stereocenters. The van der Waals surface area contributed by atoms with Crippen molar-refractivity contribution in [3.63, 3.8) is 0 Å². The smallest absolute Gasteiger partial charge is 0.324 e. The second-order valence-corrected chi connectivity index (χ2v) is 2.15. The number of ether oxygens (including phenoxy) is 1. The van der Waals surface area contributed by atoms with Crippen LogP contribution in [0.5, 0.6) is 0 Å². The van der Waals surface area contributed by atoms with Crippen molar-refractivity contribution >= 4 is 5.97 Å². The van der Waals surface area contributed by atoms with Crippen LogP contribution in [0.3, 0.4) is 0 Å². The van der Waals surface area contributed by atoms with Gasteiger partial charge in [-0.25, -0.2) is 0 Å². The highest BCUT2D eigenvalue weighted by molar-refractivity contribution is 5.76. The Bertz CT molecular complexity index is 114. The molecular weight excluding hydrogens is 132 g/mol. The lowest BCUT2D eigenvalue weighted by Gasteiger charge is -2.16. The molecule has 0 aromatic rings. The van der Waals surface area contributed by atoms with Crippen LogP contribution in [0.15, 0.2) is 0 Å². The second kappa shape index (κ2) is 4.24. The van der Waals surface area contributed by atoms with E-state index in [0.29, 0.717) is 0 Å². The van der Waals surface area contributed by atoms with E-state index in [1.54, 1.807) is 14.0 Å². The molecule has 4 heteroatoms. The molecule has 60 valence electrons. The molecule has 2 atom stereocenters. The summed E-state index contributed by atoms with van der Waals surface area (Å²) in [7, 11) is 3.01. The third kappa shape index (κ3) is 2.33. The van der Waals surface area contributed by atoms with E-state index in [2.05, 4.69) is 10.1 Å². The molecule has 4 nitrogen and oxygen atoms in total. The molecule has 0 amide bonds. The van der Waals surface area contributed by atoms with E-state index >= 15 is 0 Å². The average Bonchev–Trinajstić information content (AvgIpc) is 1.88. The Morgan fingerprint density at radius 1 is 1.70 bits per heavy atom. The number of hydrogen-bond acceptors (Lipinski definition) is 4. The number of nitrogens with one attached hydrogen (secondary N) is 1. The first-order chi connectivity index (χ1) is 4.63. The molecule has 0 aliphatic rings. The topological polar surface area (TPSA) is 64.3 Å². The molecule has 0 heterocycles. The lowest BCUT2D eigenvalue weighted by atomic mass is 10.1. The van der Waals surface area contributed by atoms with Crippen molar-refractivity contribution in [2.75, 3.05) is 14.2 Å². The fourth-order valence-corrected chi connectivity index (χ4v) is 0.722. The van der Waals surface area contributed by atoms with Crippen molar-refractivity contribution in [3.8, 4) is 0 Å². The van der Waals surface area contributed by atoms with Crippen LogP contribution < -0.4 is 11.1 Å². The van der Waals surface area contributed by atoms with Gasteiger partial charge in [-0.1, -0.05) is 0 Å². The number of hydrogen-bond donors (Lipinski definition) is 2. The number of methoxy groups -OCH3 is 1. The molecule has 0 aliphatic heterocycles. The molecule has 0 saturated heterocycles. The van der Waals surface area contributed by atoms with E-state index in [1.807, 2.05) is 0 Å². The number of nitrogens with two attached hydrogens (primary N) is 1. The molecule has 10 heavy (non-hydrogen) atoms. The fraction of sp³-hybridized carbons (Fsp3) is 0.833. The van der Waals surface area contributed by atoms with Gasteiger partial charge in [-0.3, -0.25) is 4.79 Å². The van der Waals surface area contributed by atoms with E-state index in [9.17, 15) is 4.79 Å². The zero-order valence-corrected chi connectivity index (χ0v) is 6.55. The van der Waals surface area contributed by atoms with Crippen LogP contribution >= 0.6 is 0 Å². The van der Waals surface area contributed by atoms with Gasteiger partial charge in [-0.2, -0.15) is 0 Å². The van der Waals surface area contributed by atoms with E-state index in [0.717, 1.165) is 0 Å². The molecule has 3 N–H and O–H groups in total. The number of likely N-dealkylation sites (N-methyl/N-ethyl adjacent to an activating group) is 1. The molecule has 0 aromatic heterocycles. The van der Waals surface area contributed by atoms with Gasteiger partial charge in [0, 0.05) is 6.04 Å². The highest BCUT2D eigenvalue weighted by Gasteiger charge is 2.20. The Kier molecular flexibility index (Phi) is 3.99. The first-order valence-electron chi connectivity index (χ1n) is 3.14.